The summed E-state index contributed by atoms with van der Waals surface area (Å²) in [6.45, 7) is 0.273. The quantitative estimate of drug-likeness (QED) is 0.860. The number of hydrogen-bond acceptors (Lipinski definition) is 3. The molecule has 0 saturated carbocycles. The van der Waals surface area contributed by atoms with Gasteiger partial charge < -0.3 is 10.2 Å². The van der Waals surface area contributed by atoms with E-state index in [4.69, 9.17) is 11.6 Å². The fourth-order valence-corrected chi connectivity index (χ4v) is 4.53. The second-order valence-corrected chi connectivity index (χ2v) is 8.20. The Bertz CT molecular complexity index is 850. The van der Waals surface area contributed by atoms with Gasteiger partial charge in [-0.1, -0.05) is 17.7 Å². The Hall–Kier alpha value is -1.92. The number of hydrogen-bond donors (Lipinski definition) is 1. The van der Waals surface area contributed by atoms with Crippen molar-refractivity contribution in [1.29, 1.82) is 0 Å². The molecule has 1 unspecified atom stereocenters. The second kappa shape index (κ2) is 7.76. The molecular weight excluding hydrogens is 375 g/mol. The standard InChI is InChI=1S/C19H20ClFN2O2S/c1-23(2)19(25)17-8-13-7-11(4-6-16(13)26-17)18(24)22-10-12-3-5-14(21)9-15(12)20/h3,5,8-9,11H,4,6-7,10H2,1-2H3,(H,22,24). The molecule has 1 aromatic heterocycles. The van der Waals surface area contributed by atoms with E-state index in [-0.39, 0.29) is 24.3 Å². The van der Waals surface area contributed by atoms with Gasteiger partial charge in [-0.25, -0.2) is 4.39 Å². The summed E-state index contributed by atoms with van der Waals surface area (Å²) in [5, 5.41) is 3.20. The third-order valence-corrected chi connectivity index (χ3v) is 6.12. The summed E-state index contributed by atoms with van der Waals surface area (Å²) in [7, 11) is 3.47. The lowest BCUT2D eigenvalue weighted by Gasteiger charge is -2.21. The number of thiophene rings is 1. The van der Waals surface area contributed by atoms with Crippen molar-refractivity contribution >= 4 is 34.8 Å². The van der Waals surface area contributed by atoms with Gasteiger partial charge in [-0.15, -0.1) is 11.3 Å². The molecule has 1 aliphatic carbocycles. The van der Waals surface area contributed by atoms with Gasteiger partial charge in [0.1, 0.15) is 5.82 Å². The molecule has 0 bridgehead atoms. The maximum absolute atomic E-state index is 13.1. The number of rotatable bonds is 4. The van der Waals surface area contributed by atoms with Gasteiger partial charge in [-0.2, -0.15) is 0 Å². The summed E-state index contributed by atoms with van der Waals surface area (Å²) in [6.07, 6.45) is 2.19. The van der Waals surface area contributed by atoms with Crippen molar-refractivity contribution in [2.75, 3.05) is 14.1 Å². The molecule has 4 nitrogen and oxygen atoms in total. The van der Waals surface area contributed by atoms with Crippen LogP contribution >= 0.6 is 22.9 Å². The van der Waals surface area contributed by atoms with Crippen molar-refractivity contribution in [2.45, 2.75) is 25.8 Å². The summed E-state index contributed by atoms with van der Waals surface area (Å²) in [4.78, 5) is 28.1. The van der Waals surface area contributed by atoms with E-state index < -0.39 is 5.82 Å². The first-order valence-corrected chi connectivity index (χ1v) is 9.59. The molecule has 1 N–H and O–H groups in total. The molecule has 0 aliphatic heterocycles. The predicted octanol–water partition coefficient (Wildman–Crippen LogP) is 3.66. The van der Waals surface area contributed by atoms with Crippen LogP contribution in [0.5, 0.6) is 0 Å². The van der Waals surface area contributed by atoms with Crippen LogP contribution in [0.2, 0.25) is 5.02 Å². The monoisotopic (exact) mass is 394 g/mol. The topological polar surface area (TPSA) is 49.4 Å². The van der Waals surface area contributed by atoms with E-state index in [1.165, 1.54) is 28.3 Å². The number of nitrogens with one attached hydrogen (secondary N) is 1. The van der Waals surface area contributed by atoms with Gasteiger partial charge in [0, 0.05) is 36.5 Å². The van der Waals surface area contributed by atoms with Crippen molar-refractivity contribution in [2.24, 2.45) is 5.92 Å². The number of amides is 2. The van der Waals surface area contributed by atoms with Crippen LogP contribution in [0.1, 0.15) is 32.1 Å². The third kappa shape index (κ3) is 4.07. The van der Waals surface area contributed by atoms with Gasteiger partial charge >= 0.3 is 0 Å². The van der Waals surface area contributed by atoms with E-state index in [1.54, 1.807) is 25.1 Å². The molecule has 1 heterocycles. The number of carbonyl (C=O) groups is 2. The van der Waals surface area contributed by atoms with Crippen LogP contribution in [0, 0.1) is 11.7 Å². The summed E-state index contributed by atoms with van der Waals surface area (Å²) < 4.78 is 13.1. The van der Waals surface area contributed by atoms with Crippen molar-refractivity contribution < 1.29 is 14.0 Å². The summed E-state index contributed by atoms with van der Waals surface area (Å²) >= 11 is 7.52. The Morgan fingerprint density at radius 3 is 2.81 bits per heavy atom. The van der Waals surface area contributed by atoms with E-state index >= 15 is 0 Å². The molecule has 0 saturated heterocycles. The smallest absolute Gasteiger partial charge is 0.263 e. The highest BCUT2D eigenvalue weighted by molar-refractivity contribution is 7.14. The molecule has 3 rings (SSSR count). The minimum Gasteiger partial charge on any atom is -0.352 e. The van der Waals surface area contributed by atoms with E-state index in [1.807, 2.05) is 6.07 Å². The van der Waals surface area contributed by atoms with Gasteiger partial charge in [0.05, 0.1) is 4.88 Å². The zero-order chi connectivity index (χ0) is 18.8. The Labute approximate surface area is 161 Å². The highest BCUT2D eigenvalue weighted by atomic mass is 35.5. The first-order valence-electron chi connectivity index (χ1n) is 8.40. The molecular formula is C19H20ClFN2O2S. The lowest BCUT2D eigenvalue weighted by molar-refractivity contribution is -0.125. The van der Waals surface area contributed by atoms with Gasteiger partial charge in [-0.05, 0) is 48.6 Å². The van der Waals surface area contributed by atoms with Crippen LogP contribution in [0.3, 0.4) is 0 Å². The first-order chi connectivity index (χ1) is 12.3. The van der Waals surface area contributed by atoms with Crippen molar-refractivity contribution in [1.82, 2.24) is 10.2 Å². The summed E-state index contributed by atoms with van der Waals surface area (Å²) in [5.74, 6) is -0.567. The maximum Gasteiger partial charge on any atom is 0.263 e. The Morgan fingerprint density at radius 2 is 2.12 bits per heavy atom. The normalized spacial score (nSPS) is 16.1. The number of carbonyl (C=O) groups excluding carboxylic acids is 2. The number of halogens is 2. The molecule has 0 spiro atoms. The molecule has 2 amide bonds. The van der Waals surface area contributed by atoms with Gasteiger partial charge in [0.25, 0.3) is 5.91 Å². The van der Waals surface area contributed by atoms with Gasteiger partial charge in [0.15, 0.2) is 0 Å². The lowest BCUT2D eigenvalue weighted by Crippen LogP contribution is -2.33. The average Bonchev–Trinajstić information content (AvgIpc) is 3.03. The molecule has 1 aromatic carbocycles. The maximum atomic E-state index is 13.1. The van der Waals surface area contributed by atoms with Crippen LogP contribution in [0.25, 0.3) is 0 Å². The van der Waals surface area contributed by atoms with Crippen LogP contribution < -0.4 is 5.32 Å². The summed E-state index contributed by atoms with van der Waals surface area (Å²) in [6, 6.07) is 6.06. The van der Waals surface area contributed by atoms with Gasteiger partial charge in [0.2, 0.25) is 5.91 Å². The second-order valence-electron chi connectivity index (χ2n) is 6.65. The van der Waals surface area contributed by atoms with Crippen molar-refractivity contribution in [3.8, 4) is 0 Å². The zero-order valence-corrected chi connectivity index (χ0v) is 16.2. The molecule has 1 atom stereocenters. The molecule has 26 heavy (non-hydrogen) atoms. The fraction of sp³-hybridized carbons (Fsp3) is 0.368. The highest BCUT2D eigenvalue weighted by Crippen LogP contribution is 2.33. The first kappa shape index (κ1) is 18.9. The van der Waals surface area contributed by atoms with Gasteiger partial charge in [-0.3, -0.25) is 9.59 Å². The SMILES string of the molecule is CN(C)C(=O)c1cc2c(s1)CCC(C(=O)NCc1ccc(F)cc1Cl)C2. The molecule has 7 heteroatoms. The molecule has 138 valence electrons. The number of benzene rings is 1. The van der Waals surface area contributed by atoms with Crippen molar-refractivity contribution in [3.05, 3.63) is 56.0 Å². The molecule has 1 aliphatic rings. The van der Waals surface area contributed by atoms with E-state index in [0.717, 1.165) is 23.3 Å². The lowest BCUT2D eigenvalue weighted by atomic mass is 9.87. The van der Waals surface area contributed by atoms with E-state index in [0.29, 0.717) is 17.0 Å². The number of nitrogens with zero attached hydrogens (tertiary/aromatic N) is 1. The van der Waals surface area contributed by atoms with Crippen LogP contribution in [0.4, 0.5) is 4.39 Å². The van der Waals surface area contributed by atoms with Crippen LogP contribution in [0.15, 0.2) is 24.3 Å². The Balaban J connectivity index is 1.63. The van der Waals surface area contributed by atoms with Crippen LogP contribution in [-0.2, 0) is 24.2 Å². The summed E-state index contributed by atoms with van der Waals surface area (Å²) in [5.41, 5.74) is 1.78. The average molecular weight is 395 g/mol. The number of fused-ring (bicyclic) bond motifs is 1. The fourth-order valence-electron chi connectivity index (χ4n) is 3.06. The van der Waals surface area contributed by atoms with E-state index in [9.17, 15) is 14.0 Å². The third-order valence-electron chi connectivity index (χ3n) is 4.54. The Morgan fingerprint density at radius 1 is 1.35 bits per heavy atom. The largest absolute Gasteiger partial charge is 0.352 e. The molecule has 0 radical (unpaired) electrons. The van der Waals surface area contributed by atoms with E-state index in [2.05, 4.69) is 5.32 Å². The highest BCUT2D eigenvalue weighted by Gasteiger charge is 2.27. The molecule has 2 aromatic rings. The molecule has 0 fully saturated rings. The van der Waals surface area contributed by atoms with Crippen LogP contribution in [-0.4, -0.2) is 30.8 Å². The van der Waals surface area contributed by atoms with Crippen molar-refractivity contribution in [3.63, 3.8) is 0 Å². The zero-order valence-electron chi connectivity index (χ0n) is 14.6. The minimum absolute atomic E-state index is 0.00338. The number of aryl methyl sites for hydroxylation is 1. The Kier molecular flexibility index (Phi) is 5.63. The minimum atomic E-state index is -0.398. The predicted molar refractivity (Wildman–Crippen MR) is 101 cm³/mol.